The van der Waals surface area contributed by atoms with Crippen LogP contribution >= 0.6 is 22.6 Å². The topological polar surface area (TPSA) is 18.5 Å². The molecule has 3 heteroatoms. The summed E-state index contributed by atoms with van der Waals surface area (Å²) in [5.74, 6) is -0.436. The lowest BCUT2D eigenvalue weighted by Gasteiger charge is -2.15. The quantitative estimate of drug-likeness (QED) is 0.434. The third-order valence-electron chi connectivity index (χ3n) is 1.61. The smallest absolute Gasteiger partial charge is 0.164 e. The van der Waals surface area contributed by atoms with E-state index in [9.17, 15) is 0 Å². The van der Waals surface area contributed by atoms with Gasteiger partial charge in [0.05, 0.1) is 6.10 Å². The Balaban J connectivity index is 2.62. The van der Waals surface area contributed by atoms with Gasteiger partial charge in [-0.2, -0.15) is 0 Å². The zero-order valence-electron chi connectivity index (χ0n) is 6.84. The molecule has 0 saturated carbocycles. The molecule has 0 aromatic heterocycles. The van der Waals surface area contributed by atoms with Gasteiger partial charge in [0, 0.05) is 4.43 Å². The summed E-state index contributed by atoms with van der Waals surface area (Å²) in [5, 5.41) is 0. The molecule has 2 atom stereocenters. The van der Waals surface area contributed by atoms with Crippen molar-refractivity contribution < 1.29 is 9.47 Å². The SMILES string of the molecule is C=C[C@@H]1OC(C)(C)O[C@H]1CI. The van der Waals surface area contributed by atoms with Crippen molar-refractivity contribution in [1.29, 1.82) is 0 Å². The average Bonchev–Trinajstić information content (AvgIpc) is 2.25. The predicted molar refractivity (Wildman–Crippen MR) is 52.9 cm³/mol. The van der Waals surface area contributed by atoms with Gasteiger partial charge in [0.1, 0.15) is 6.10 Å². The second-order valence-electron chi connectivity index (χ2n) is 3.03. The Morgan fingerprint density at radius 1 is 1.55 bits per heavy atom. The van der Waals surface area contributed by atoms with Crippen LogP contribution in [0.4, 0.5) is 0 Å². The zero-order chi connectivity index (χ0) is 8.48. The highest BCUT2D eigenvalue weighted by atomic mass is 127. The van der Waals surface area contributed by atoms with Crippen LogP contribution in [0.5, 0.6) is 0 Å². The molecule has 0 aliphatic carbocycles. The maximum Gasteiger partial charge on any atom is 0.164 e. The van der Waals surface area contributed by atoms with E-state index in [1.165, 1.54) is 0 Å². The fourth-order valence-corrected chi connectivity index (χ4v) is 1.86. The zero-order valence-corrected chi connectivity index (χ0v) is 9.00. The maximum atomic E-state index is 5.60. The molecule has 0 aromatic rings. The Morgan fingerprint density at radius 2 is 2.18 bits per heavy atom. The van der Waals surface area contributed by atoms with Gasteiger partial charge in [0.15, 0.2) is 5.79 Å². The molecule has 11 heavy (non-hydrogen) atoms. The minimum absolute atomic E-state index is 0.0573. The van der Waals surface area contributed by atoms with Crippen LogP contribution in [0.25, 0.3) is 0 Å². The first-order valence-electron chi connectivity index (χ1n) is 3.63. The molecule has 1 heterocycles. The van der Waals surface area contributed by atoms with E-state index in [-0.39, 0.29) is 12.2 Å². The Hall–Kier alpha value is 0.390. The second kappa shape index (κ2) is 3.41. The van der Waals surface area contributed by atoms with Crippen molar-refractivity contribution in [1.82, 2.24) is 0 Å². The fourth-order valence-electron chi connectivity index (χ4n) is 1.18. The molecule has 1 rings (SSSR count). The third kappa shape index (κ3) is 2.16. The Bertz CT molecular complexity index is 156. The van der Waals surface area contributed by atoms with Crippen molar-refractivity contribution in [3.05, 3.63) is 12.7 Å². The number of alkyl halides is 1. The van der Waals surface area contributed by atoms with E-state index >= 15 is 0 Å². The summed E-state index contributed by atoms with van der Waals surface area (Å²) in [6, 6.07) is 0. The van der Waals surface area contributed by atoms with E-state index in [0.29, 0.717) is 0 Å². The molecule has 0 aromatic carbocycles. The minimum Gasteiger partial charge on any atom is -0.343 e. The van der Waals surface area contributed by atoms with Gasteiger partial charge in [-0.05, 0) is 13.8 Å². The van der Waals surface area contributed by atoms with Crippen LogP contribution in [0.15, 0.2) is 12.7 Å². The number of rotatable bonds is 2. The van der Waals surface area contributed by atoms with Gasteiger partial charge in [0.2, 0.25) is 0 Å². The lowest BCUT2D eigenvalue weighted by molar-refractivity contribution is -0.140. The van der Waals surface area contributed by atoms with Crippen LogP contribution in [0.1, 0.15) is 13.8 Å². The van der Waals surface area contributed by atoms with E-state index in [2.05, 4.69) is 29.2 Å². The molecule has 0 amide bonds. The van der Waals surface area contributed by atoms with Gasteiger partial charge in [-0.25, -0.2) is 0 Å². The van der Waals surface area contributed by atoms with Gasteiger partial charge in [-0.1, -0.05) is 28.7 Å². The van der Waals surface area contributed by atoms with Crippen LogP contribution in [0.2, 0.25) is 0 Å². The number of ether oxygens (including phenoxy) is 2. The van der Waals surface area contributed by atoms with Gasteiger partial charge in [-0.15, -0.1) is 6.58 Å². The summed E-state index contributed by atoms with van der Waals surface area (Å²) < 4.78 is 12.1. The monoisotopic (exact) mass is 268 g/mol. The molecule has 0 bridgehead atoms. The molecule has 1 aliphatic heterocycles. The predicted octanol–water partition coefficient (Wildman–Crippen LogP) is 2.13. The van der Waals surface area contributed by atoms with Crippen LogP contribution in [0.3, 0.4) is 0 Å². The molecular formula is C8H13IO2. The first-order chi connectivity index (χ1) is 5.09. The number of halogens is 1. The molecule has 64 valence electrons. The van der Waals surface area contributed by atoms with Crippen LogP contribution in [-0.4, -0.2) is 22.4 Å². The summed E-state index contributed by atoms with van der Waals surface area (Å²) in [5.41, 5.74) is 0. The summed E-state index contributed by atoms with van der Waals surface area (Å²) >= 11 is 2.29. The molecule has 0 unspecified atom stereocenters. The highest BCUT2D eigenvalue weighted by Gasteiger charge is 2.38. The largest absolute Gasteiger partial charge is 0.343 e. The lowest BCUT2D eigenvalue weighted by Crippen LogP contribution is -2.22. The van der Waals surface area contributed by atoms with Crippen molar-refractivity contribution in [2.24, 2.45) is 0 Å². The Kier molecular flexibility index (Phi) is 2.94. The van der Waals surface area contributed by atoms with E-state index in [1.54, 1.807) is 6.08 Å². The second-order valence-corrected chi connectivity index (χ2v) is 3.91. The van der Waals surface area contributed by atoms with Gasteiger partial charge in [0.25, 0.3) is 0 Å². The summed E-state index contributed by atoms with van der Waals surface area (Å²) in [6.45, 7) is 7.55. The van der Waals surface area contributed by atoms with Crippen LogP contribution in [-0.2, 0) is 9.47 Å². The summed E-state index contributed by atoms with van der Waals surface area (Å²) in [4.78, 5) is 0. The highest BCUT2D eigenvalue weighted by Crippen LogP contribution is 2.29. The van der Waals surface area contributed by atoms with Gasteiger partial charge < -0.3 is 9.47 Å². The Labute approximate surface area is 81.1 Å². The van der Waals surface area contributed by atoms with Crippen LogP contribution in [0, 0.1) is 0 Å². The van der Waals surface area contributed by atoms with E-state index < -0.39 is 5.79 Å². The molecule has 0 N–H and O–H groups in total. The summed E-state index contributed by atoms with van der Waals surface area (Å²) in [7, 11) is 0. The normalized spacial score (nSPS) is 35.5. The molecule has 1 saturated heterocycles. The summed E-state index contributed by atoms with van der Waals surface area (Å²) in [6.07, 6.45) is 2.03. The standard InChI is InChI=1S/C8H13IO2/c1-4-6-7(5-9)11-8(2,3)10-6/h4,6-7H,1,5H2,2-3H3/t6-,7-/m0/s1. The molecule has 1 aliphatic rings. The van der Waals surface area contributed by atoms with Gasteiger partial charge >= 0.3 is 0 Å². The molecule has 0 radical (unpaired) electrons. The molecule has 1 fully saturated rings. The fraction of sp³-hybridized carbons (Fsp3) is 0.750. The third-order valence-corrected chi connectivity index (χ3v) is 2.47. The van der Waals surface area contributed by atoms with Crippen molar-refractivity contribution >= 4 is 22.6 Å². The maximum absolute atomic E-state index is 5.60. The molecular weight excluding hydrogens is 255 g/mol. The highest BCUT2D eigenvalue weighted by molar-refractivity contribution is 14.1. The van der Waals surface area contributed by atoms with Crippen molar-refractivity contribution in [3.8, 4) is 0 Å². The van der Waals surface area contributed by atoms with Crippen molar-refractivity contribution in [2.75, 3.05) is 4.43 Å². The van der Waals surface area contributed by atoms with Crippen molar-refractivity contribution in [2.45, 2.75) is 31.8 Å². The van der Waals surface area contributed by atoms with Crippen LogP contribution < -0.4 is 0 Å². The van der Waals surface area contributed by atoms with E-state index in [0.717, 1.165) is 4.43 Å². The van der Waals surface area contributed by atoms with Gasteiger partial charge in [-0.3, -0.25) is 0 Å². The van der Waals surface area contributed by atoms with Crippen molar-refractivity contribution in [3.63, 3.8) is 0 Å². The van der Waals surface area contributed by atoms with E-state index in [1.807, 2.05) is 13.8 Å². The first-order valence-corrected chi connectivity index (χ1v) is 5.16. The number of hydrogen-bond acceptors (Lipinski definition) is 2. The first kappa shape index (κ1) is 9.48. The lowest BCUT2D eigenvalue weighted by atomic mass is 10.2. The van der Waals surface area contributed by atoms with E-state index in [4.69, 9.17) is 9.47 Å². The molecule has 0 spiro atoms. The molecule has 2 nitrogen and oxygen atoms in total. The minimum atomic E-state index is -0.436. The number of hydrogen-bond donors (Lipinski definition) is 0. The Morgan fingerprint density at radius 3 is 2.55 bits per heavy atom. The average molecular weight is 268 g/mol.